The number of carbonyl (C=O) groups excluding carboxylic acids is 1. The van der Waals surface area contributed by atoms with E-state index in [2.05, 4.69) is 15.2 Å². The SMILES string of the molecule is Cc1cc(NS(=O)(=O)c2cccc(NC(=O)Cc3ccc(Cl)c(Cl)c3)c2)no1. The molecule has 0 aliphatic heterocycles. The number of aryl methyl sites for hydroxylation is 1. The molecule has 0 saturated heterocycles. The van der Waals surface area contributed by atoms with Crippen LogP contribution in [0.25, 0.3) is 0 Å². The van der Waals surface area contributed by atoms with Crippen LogP contribution in [0.5, 0.6) is 0 Å². The van der Waals surface area contributed by atoms with E-state index >= 15 is 0 Å². The fraction of sp³-hybridized carbons (Fsp3) is 0.111. The number of carbonyl (C=O) groups is 1. The first kappa shape index (κ1) is 20.2. The molecule has 146 valence electrons. The topological polar surface area (TPSA) is 101 Å². The van der Waals surface area contributed by atoms with Crippen LogP contribution in [0.3, 0.4) is 0 Å². The molecule has 0 spiro atoms. The van der Waals surface area contributed by atoms with E-state index in [1.165, 1.54) is 24.3 Å². The first-order chi connectivity index (χ1) is 13.2. The Morgan fingerprint density at radius 2 is 1.89 bits per heavy atom. The molecule has 2 N–H and O–H groups in total. The average Bonchev–Trinajstić information content (AvgIpc) is 3.02. The Bertz CT molecular complexity index is 1130. The van der Waals surface area contributed by atoms with Crippen molar-refractivity contribution in [2.24, 2.45) is 0 Å². The summed E-state index contributed by atoms with van der Waals surface area (Å²) < 4.78 is 32.1. The van der Waals surface area contributed by atoms with Gasteiger partial charge in [-0.2, -0.15) is 0 Å². The summed E-state index contributed by atoms with van der Waals surface area (Å²) in [5, 5.41) is 7.02. The number of anilines is 2. The van der Waals surface area contributed by atoms with Gasteiger partial charge in [0.15, 0.2) is 5.82 Å². The van der Waals surface area contributed by atoms with Crippen molar-refractivity contribution < 1.29 is 17.7 Å². The van der Waals surface area contributed by atoms with Crippen LogP contribution in [0.15, 0.2) is 57.9 Å². The van der Waals surface area contributed by atoms with Crippen LogP contribution in [0.2, 0.25) is 10.0 Å². The van der Waals surface area contributed by atoms with Crippen LogP contribution in [0.4, 0.5) is 11.5 Å². The standard InChI is InChI=1S/C18H15Cl2N3O4S/c1-11-7-17(22-27-11)23-28(25,26)14-4-2-3-13(10-14)21-18(24)9-12-5-6-15(19)16(20)8-12/h2-8,10H,9H2,1H3,(H,21,24)(H,22,23). The van der Waals surface area contributed by atoms with Crippen molar-refractivity contribution >= 4 is 50.6 Å². The largest absolute Gasteiger partial charge is 0.360 e. The fourth-order valence-corrected chi connectivity index (χ4v) is 3.74. The molecule has 0 fully saturated rings. The molecular formula is C18H15Cl2N3O4S. The maximum absolute atomic E-state index is 12.5. The number of benzene rings is 2. The Hall–Kier alpha value is -2.55. The van der Waals surface area contributed by atoms with Crippen LogP contribution in [-0.2, 0) is 21.2 Å². The molecule has 10 heteroatoms. The van der Waals surface area contributed by atoms with E-state index in [1.54, 1.807) is 31.2 Å². The maximum atomic E-state index is 12.5. The zero-order valence-corrected chi connectivity index (χ0v) is 16.9. The summed E-state index contributed by atoms with van der Waals surface area (Å²) in [6.07, 6.45) is 0.0599. The number of halogens is 2. The molecule has 0 unspecified atom stereocenters. The summed E-state index contributed by atoms with van der Waals surface area (Å²) in [7, 11) is -3.88. The van der Waals surface area contributed by atoms with Gasteiger partial charge in [0.25, 0.3) is 10.0 Å². The van der Waals surface area contributed by atoms with Gasteiger partial charge in [0.05, 0.1) is 21.4 Å². The molecular weight excluding hydrogens is 425 g/mol. The first-order valence-corrected chi connectivity index (χ1v) is 10.3. The Labute approximate surface area is 171 Å². The Morgan fingerprint density at radius 1 is 1.11 bits per heavy atom. The number of sulfonamides is 1. The van der Waals surface area contributed by atoms with Crippen molar-refractivity contribution in [3.63, 3.8) is 0 Å². The molecule has 28 heavy (non-hydrogen) atoms. The average molecular weight is 440 g/mol. The normalized spacial score (nSPS) is 11.2. The van der Waals surface area contributed by atoms with Gasteiger partial charge in [-0.1, -0.05) is 40.5 Å². The summed E-state index contributed by atoms with van der Waals surface area (Å²) in [6.45, 7) is 1.65. The number of nitrogens with one attached hydrogen (secondary N) is 2. The smallest absolute Gasteiger partial charge is 0.263 e. The van der Waals surface area contributed by atoms with Crippen LogP contribution < -0.4 is 10.0 Å². The highest BCUT2D eigenvalue weighted by atomic mass is 35.5. The summed E-state index contributed by atoms with van der Waals surface area (Å²) in [6, 6.07) is 12.2. The van der Waals surface area contributed by atoms with E-state index < -0.39 is 10.0 Å². The van der Waals surface area contributed by atoms with Gasteiger partial charge in [0, 0.05) is 11.8 Å². The molecule has 0 atom stereocenters. The lowest BCUT2D eigenvalue weighted by molar-refractivity contribution is -0.115. The number of amides is 1. The van der Waals surface area contributed by atoms with Gasteiger partial charge in [-0.05, 0) is 42.8 Å². The molecule has 1 amide bonds. The molecule has 3 aromatic rings. The highest BCUT2D eigenvalue weighted by Gasteiger charge is 2.17. The van der Waals surface area contributed by atoms with Gasteiger partial charge in [-0.25, -0.2) is 8.42 Å². The predicted octanol–water partition coefficient (Wildman–Crippen LogP) is 4.27. The Balaban J connectivity index is 1.71. The highest BCUT2D eigenvalue weighted by Crippen LogP contribution is 2.23. The van der Waals surface area contributed by atoms with Crippen molar-refractivity contribution in [2.45, 2.75) is 18.2 Å². The monoisotopic (exact) mass is 439 g/mol. The third-order valence-electron chi connectivity index (χ3n) is 3.64. The zero-order chi connectivity index (χ0) is 20.3. The van der Waals surface area contributed by atoms with Gasteiger partial charge >= 0.3 is 0 Å². The van der Waals surface area contributed by atoms with Crippen LogP contribution >= 0.6 is 23.2 Å². The molecule has 7 nitrogen and oxygen atoms in total. The fourth-order valence-electron chi connectivity index (χ4n) is 2.39. The first-order valence-electron chi connectivity index (χ1n) is 8.03. The molecule has 2 aromatic carbocycles. The van der Waals surface area contributed by atoms with Crippen molar-refractivity contribution in [3.05, 3.63) is 69.9 Å². The number of nitrogens with zero attached hydrogens (tertiary/aromatic N) is 1. The molecule has 0 bridgehead atoms. The van der Waals surface area contributed by atoms with E-state index in [4.69, 9.17) is 27.7 Å². The Kier molecular flexibility index (Phi) is 5.93. The van der Waals surface area contributed by atoms with Crippen molar-refractivity contribution in [3.8, 4) is 0 Å². The van der Waals surface area contributed by atoms with Crippen molar-refractivity contribution in [1.29, 1.82) is 0 Å². The number of aromatic nitrogens is 1. The quantitative estimate of drug-likeness (QED) is 0.596. The van der Waals surface area contributed by atoms with E-state index in [-0.39, 0.29) is 23.0 Å². The van der Waals surface area contributed by atoms with E-state index in [0.717, 1.165) is 0 Å². The maximum Gasteiger partial charge on any atom is 0.263 e. The molecule has 1 aromatic heterocycles. The van der Waals surface area contributed by atoms with E-state index in [1.807, 2.05) is 0 Å². The number of hydrogen-bond acceptors (Lipinski definition) is 5. The lowest BCUT2D eigenvalue weighted by Gasteiger charge is -2.09. The van der Waals surface area contributed by atoms with Gasteiger partial charge in [0.2, 0.25) is 5.91 Å². The lowest BCUT2D eigenvalue weighted by atomic mass is 10.1. The van der Waals surface area contributed by atoms with Crippen LogP contribution in [-0.4, -0.2) is 19.5 Å². The molecule has 0 saturated carbocycles. The summed E-state index contributed by atoms with van der Waals surface area (Å²) in [4.78, 5) is 12.2. The lowest BCUT2D eigenvalue weighted by Crippen LogP contribution is -2.16. The molecule has 0 aliphatic carbocycles. The summed E-state index contributed by atoms with van der Waals surface area (Å²) >= 11 is 11.8. The van der Waals surface area contributed by atoms with Crippen molar-refractivity contribution in [1.82, 2.24) is 5.16 Å². The minimum atomic E-state index is -3.88. The minimum Gasteiger partial charge on any atom is -0.360 e. The van der Waals surface area contributed by atoms with Gasteiger partial charge in [-0.15, -0.1) is 0 Å². The van der Waals surface area contributed by atoms with Crippen LogP contribution in [0, 0.1) is 6.92 Å². The van der Waals surface area contributed by atoms with Crippen LogP contribution in [0.1, 0.15) is 11.3 Å². The van der Waals surface area contributed by atoms with Gasteiger partial charge < -0.3 is 9.84 Å². The number of hydrogen-bond donors (Lipinski definition) is 2. The minimum absolute atomic E-state index is 0.0273. The molecule has 1 heterocycles. The summed E-state index contributed by atoms with van der Waals surface area (Å²) in [5.41, 5.74) is 1.02. The second-order valence-corrected chi connectivity index (χ2v) is 8.43. The van der Waals surface area contributed by atoms with Gasteiger partial charge in [0.1, 0.15) is 5.76 Å². The summed E-state index contributed by atoms with van der Waals surface area (Å²) in [5.74, 6) is 0.223. The van der Waals surface area contributed by atoms with E-state index in [9.17, 15) is 13.2 Å². The van der Waals surface area contributed by atoms with E-state index in [0.29, 0.717) is 27.1 Å². The molecule has 3 rings (SSSR count). The van der Waals surface area contributed by atoms with Crippen molar-refractivity contribution in [2.75, 3.05) is 10.0 Å². The third-order valence-corrected chi connectivity index (χ3v) is 5.74. The predicted molar refractivity (Wildman–Crippen MR) is 107 cm³/mol. The van der Waals surface area contributed by atoms with Gasteiger partial charge in [-0.3, -0.25) is 9.52 Å². The second-order valence-electron chi connectivity index (χ2n) is 5.93. The Morgan fingerprint density at radius 3 is 2.57 bits per heavy atom. The highest BCUT2D eigenvalue weighted by molar-refractivity contribution is 7.92. The molecule has 0 radical (unpaired) electrons. The molecule has 0 aliphatic rings. The zero-order valence-electron chi connectivity index (χ0n) is 14.6. The second kappa shape index (κ2) is 8.22. The third kappa shape index (κ3) is 5.03. The number of rotatable bonds is 6.